The van der Waals surface area contributed by atoms with Gasteiger partial charge in [0.2, 0.25) is 0 Å². The fourth-order valence-electron chi connectivity index (χ4n) is 1.51. The second kappa shape index (κ2) is 10.5. The molecule has 1 unspecified atom stereocenters. The molecule has 0 aromatic rings. The highest BCUT2D eigenvalue weighted by Crippen LogP contribution is 2.13. The summed E-state index contributed by atoms with van der Waals surface area (Å²) in [5, 5.41) is 19.9. The molecule has 102 valence electrons. The molecule has 0 aromatic carbocycles. The van der Waals surface area contributed by atoms with Crippen LogP contribution in [0, 0.1) is 5.92 Å². The number of ether oxygens (including phenoxy) is 1. The first kappa shape index (κ1) is 16.4. The molecule has 0 aliphatic rings. The van der Waals surface area contributed by atoms with Crippen LogP contribution in [-0.2, 0) is 9.53 Å². The molecule has 0 saturated carbocycles. The van der Waals surface area contributed by atoms with E-state index in [1.165, 1.54) is 0 Å². The van der Waals surface area contributed by atoms with Crippen LogP contribution in [0.4, 0.5) is 0 Å². The van der Waals surface area contributed by atoms with Gasteiger partial charge in [0.15, 0.2) is 6.29 Å². The van der Waals surface area contributed by atoms with Crippen molar-refractivity contribution in [1.29, 1.82) is 0 Å². The Balaban J connectivity index is 3.60. The number of carbonyl (C=O) groups is 1. The van der Waals surface area contributed by atoms with E-state index in [1.807, 2.05) is 6.92 Å². The monoisotopic (exact) mass is 247 g/mol. The number of aliphatic hydroxyl groups excluding tert-OH is 1. The molecule has 0 bridgehead atoms. The average molecular weight is 247 g/mol. The van der Waals surface area contributed by atoms with Crippen LogP contribution in [0.25, 0.3) is 0 Å². The second-order valence-corrected chi connectivity index (χ2v) is 4.10. The molecular weight excluding hydrogens is 222 g/mol. The van der Waals surface area contributed by atoms with Gasteiger partial charge in [-0.25, -0.2) is 0 Å². The third kappa shape index (κ3) is 9.09. The number of esters is 1. The van der Waals surface area contributed by atoms with Crippen LogP contribution in [0.2, 0.25) is 0 Å². The van der Waals surface area contributed by atoms with Gasteiger partial charge in [-0.05, 0) is 12.8 Å². The highest BCUT2D eigenvalue weighted by molar-refractivity contribution is 5.72. The number of carbonyl (C=O) groups excluding carboxylic acids is 1. The molecule has 0 aromatic heterocycles. The van der Waals surface area contributed by atoms with Gasteiger partial charge in [-0.15, -0.1) is 0 Å². The number of hydrogen-bond acceptors (Lipinski definition) is 5. The maximum atomic E-state index is 11.6. The predicted molar refractivity (Wildman–Crippen MR) is 65.4 cm³/mol. The van der Waals surface area contributed by atoms with Crippen molar-refractivity contribution in [3.8, 4) is 0 Å². The van der Waals surface area contributed by atoms with Gasteiger partial charge in [-0.2, -0.15) is 0 Å². The van der Waals surface area contributed by atoms with Crippen molar-refractivity contribution in [2.75, 3.05) is 19.7 Å². The largest absolute Gasteiger partial charge is 0.464 e. The fourth-order valence-corrected chi connectivity index (χ4v) is 1.51. The number of hydrogen-bond donors (Lipinski definition) is 3. The Morgan fingerprint density at radius 3 is 2.59 bits per heavy atom. The molecule has 0 rings (SSSR count). The molecule has 0 heterocycles. The van der Waals surface area contributed by atoms with E-state index in [4.69, 9.17) is 14.9 Å². The van der Waals surface area contributed by atoms with Crippen molar-refractivity contribution in [3.05, 3.63) is 0 Å². The maximum Gasteiger partial charge on any atom is 0.308 e. The number of nitrogens with one attached hydrogen (secondary N) is 1. The van der Waals surface area contributed by atoms with E-state index in [0.29, 0.717) is 6.54 Å². The predicted octanol–water partition coefficient (Wildman–Crippen LogP) is 0.646. The van der Waals surface area contributed by atoms with Crippen LogP contribution in [0.5, 0.6) is 0 Å². The van der Waals surface area contributed by atoms with Crippen molar-refractivity contribution < 1.29 is 19.7 Å². The minimum Gasteiger partial charge on any atom is -0.464 e. The van der Waals surface area contributed by atoms with Crippen LogP contribution in [0.3, 0.4) is 0 Å². The first-order valence-corrected chi connectivity index (χ1v) is 6.35. The summed E-state index contributed by atoms with van der Waals surface area (Å²) in [5.41, 5.74) is 0. The molecule has 3 N–H and O–H groups in total. The molecule has 0 aliphatic carbocycles. The summed E-state index contributed by atoms with van der Waals surface area (Å²) < 4.78 is 5.11. The van der Waals surface area contributed by atoms with Crippen LogP contribution < -0.4 is 5.32 Å². The first-order chi connectivity index (χ1) is 8.11. The molecule has 0 fully saturated rings. The summed E-state index contributed by atoms with van der Waals surface area (Å²) in [6.07, 6.45) is 2.46. The highest BCUT2D eigenvalue weighted by atomic mass is 16.5. The summed E-state index contributed by atoms with van der Waals surface area (Å²) >= 11 is 0. The molecule has 0 spiro atoms. The SMILES string of the molecule is CCCCC(CC)C(=O)OCCNCC(O)O. The lowest BCUT2D eigenvalue weighted by Gasteiger charge is -2.14. The van der Waals surface area contributed by atoms with Crippen LogP contribution in [0.15, 0.2) is 0 Å². The highest BCUT2D eigenvalue weighted by Gasteiger charge is 2.16. The summed E-state index contributed by atoms with van der Waals surface area (Å²) in [5.74, 6) is -0.148. The fraction of sp³-hybridized carbons (Fsp3) is 0.917. The number of rotatable bonds is 10. The van der Waals surface area contributed by atoms with E-state index in [2.05, 4.69) is 12.2 Å². The lowest BCUT2D eigenvalue weighted by molar-refractivity contribution is -0.148. The van der Waals surface area contributed by atoms with Crippen molar-refractivity contribution in [1.82, 2.24) is 5.32 Å². The van der Waals surface area contributed by atoms with E-state index >= 15 is 0 Å². The molecule has 5 nitrogen and oxygen atoms in total. The Bertz CT molecular complexity index is 197. The Kier molecular flexibility index (Phi) is 10.1. The Morgan fingerprint density at radius 1 is 1.35 bits per heavy atom. The van der Waals surface area contributed by atoms with Gasteiger partial charge in [0.1, 0.15) is 6.61 Å². The summed E-state index contributed by atoms with van der Waals surface area (Å²) in [4.78, 5) is 11.6. The van der Waals surface area contributed by atoms with Crippen molar-refractivity contribution in [2.24, 2.45) is 5.92 Å². The molecule has 0 saturated heterocycles. The van der Waals surface area contributed by atoms with Gasteiger partial charge in [0.05, 0.1) is 5.92 Å². The standard InChI is InChI=1S/C12H25NO4/c1-3-5-6-10(4-2)12(16)17-8-7-13-9-11(14)15/h10-11,13-15H,3-9H2,1-2H3. The first-order valence-electron chi connectivity index (χ1n) is 6.35. The summed E-state index contributed by atoms with van der Waals surface area (Å²) in [7, 11) is 0. The zero-order valence-corrected chi connectivity index (χ0v) is 10.8. The quantitative estimate of drug-likeness (QED) is 0.300. The Labute approximate surface area is 103 Å². The second-order valence-electron chi connectivity index (χ2n) is 4.10. The van der Waals surface area contributed by atoms with Gasteiger partial charge in [0.25, 0.3) is 0 Å². The Hall–Kier alpha value is -0.650. The average Bonchev–Trinajstić information content (AvgIpc) is 2.29. The van der Waals surface area contributed by atoms with E-state index < -0.39 is 6.29 Å². The topological polar surface area (TPSA) is 78.8 Å². The molecular formula is C12H25NO4. The van der Waals surface area contributed by atoms with Crippen molar-refractivity contribution >= 4 is 5.97 Å². The van der Waals surface area contributed by atoms with E-state index in [9.17, 15) is 4.79 Å². The summed E-state index contributed by atoms with van der Waals surface area (Å²) in [6.45, 7) is 4.89. The molecule has 0 amide bonds. The molecule has 1 atom stereocenters. The lowest BCUT2D eigenvalue weighted by atomic mass is 10.00. The van der Waals surface area contributed by atoms with Crippen molar-refractivity contribution in [2.45, 2.75) is 45.8 Å². The van der Waals surface area contributed by atoms with Gasteiger partial charge in [-0.1, -0.05) is 26.7 Å². The Morgan fingerprint density at radius 2 is 2.06 bits per heavy atom. The van der Waals surface area contributed by atoms with Gasteiger partial charge >= 0.3 is 5.97 Å². The third-order valence-corrected chi connectivity index (χ3v) is 2.58. The summed E-state index contributed by atoms with van der Waals surface area (Å²) in [6, 6.07) is 0. The molecule has 17 heavy (non-hydrogen) atoms. The smallest absolute Gasteiger partial charge is 0.308 e. The minimum absolute atomic E-state index is 0.00150. The van der Waals surface area contributed by atoms with E-state index in [1.54, 1.807) is 0 Å². The maximum absolute atomic E-state index is 11.6. The van der Waals surface area contributed by atoms with Gasteiger partial charge < -0.3 is 20.3 Å². The van der Waals surface area contributed by atoms with E-state index in [-0.39, 0.29) is 25.0 Å². The van der Waals surface area contributed by atoms with Crippen LogP contribution in [0.1, 0.15) is 39.5 Å². The van der Waals surface area contributed by atoms with Gasteiger partial charge in [0, 0.05) is 13.1 Å². The number of unbranched alkanes of at least 4 members (excludes halogenated alkanes) is 1. The van der Waals surface area contributed by atoms with Crippen LogP contribution >= 0.6 is 0 Å². The van der Waals surface area contributed by atoms with E-state index in [0.717, 1.165) is 25.7 Å². The molecule has 5 heteroatoms. The van der Waals surface area contributed by atoms with Crippen LogP contribution in [-0.4, -0.2) is 42.2 Å². The van der Waals surface area contributed by atoms with Crippen molar-refractivity contribution in [3.63, 3.8) is 0 Å². The molecule has 0 radical (unpaired) electrons. The minimum atomic E-state index is -1.36. The third-order valence-electron chi connectivity index (χ3n) is 2.58. The molecule has 0 aliphatic heterocycles. The van der Waals surface area contributed by atoms with Gasteiger partial charge in [-0.3, -0.25) is 4.79 Å². The zero-order valence-electron chi connectivity index (χ0n) is 10.8. The zero-order chi connectivity index (χ0) is 13.1. The normalized spacial score (nSPS) is 12.8. The lowest BCUT2D eigenvalue weighted by Crippen LogP contribution is -2.30. The number of aliphatic hydroxyl groups is 2.